The van der Waals surface area contributed by atoms with E-state index in [0.29, 0.717) is 5.56 Å². The van der Waals surface area contributed by atoms with Gasteiger partial charge in [-0.05, 0) is 30.7 Å². The van der Waals surface area contributed by atoms with Crippen molar-refractivity contribution < 1.29 is 8.81 Å². The summed E-state index contributed by atoms with van der Waals surface area (Å²) in [5.74, 6) is -0.182. The molecule has 56 valence electrons. The number of aryl methyl sites for hydroxylation is 1. The van der Waals surface area contributed by atoms with Crippen LogP contribution in [0.1, 0.15) is 5.56 Å². The maximum Gasteiger partial charge on any atom is 0.134 e. The van der Waals surface area contributed by atoms with E-state index in [4.69, 9.17) is 4.42 Å². The van der Waals surface area contributed by atoms with E-state index in [1.165, 1.54) is 6.07 Å². The lowest BCUT2D eigenvalue weighted by atomic mass is 10.1. The maximum atomic E-state index is 12.9. The van der Waals surface area contributed by atoms with E-state index in [9.17, 15) is 4.39 Å². The first-order chi connectivity index (χ1) is 5.29. The van der Waals surface area contributed by atoms with E-state index in [2.05, 4.69) is 0 Å². The van der Waals surface area contributed by atoms with Crippen LogP contribution in [0.4, 0.5) is 4.39 Å². The Kier molecular flexibility index (Phi) is 1.22. The first kappa shape index (κ1) is 6.40. The van der Waals surface area contributed by atoms with Crippen LogP contribution in [0.5, 0.6) is 0 Å². The Hall–Kier alpha value is -1.31. The molecule has 0 amide bonds. The summed E-state index contributed by atoms with van der Waals surface area (Å²) in [6.45, 7) is 1.74. The van der Waals surface area contributed by atoms with Crippen LogP contribution in [-0.4, -0.2) is 0 Å². The summed E-state index contributed by atoms with van der Waals surface area (Å²) in [6, 6.07) is 4.83. The molecular formula is C9H7FO. The van der Waals surface area contributed by atoms with Gasteiger partial charge in [-0.1, -0.05) is 0 Å². The minimum Gasteiger partial charge on any atom is -0.464 e. The van der Waals surface area contributed by atoms with Crippen LogP contribution in [-0.2, 0) is 0 Å². The van der Waals surface area contributed by atoms with Crippen molar-refractivity contribution in [1.29, 1.82) is 0 Å². The summed E-state index contributed by atoms with van der Waals surface area (Å²) < 4.78 is 18.0. The van der Waals surface area contributed by atoms with Crippen LogP contribution in [0.3, 0.4) is 0 Å². The highest BCUT2D eigenvalue weighted by Gasteiger charge is 2.03. The molecule has 0 aliphatic heterocycles. The van der Waals surface area contributed by atoms with Crippen LogP contribution >= 0.6 is 0 Å². The van der Waals surface area contributed by atoms with Gasteiger partial charge in [-0.15, -0.1) is 0 Å². The Labute approximate surface area is 63.4 Å². The maximum absolute atomic E-state index is 12.9. The quantitative estimate of drug-likeness (QED) is 0.562. The normalized spacial score (nSPS) is 10.7. The van der Waals surface area contributed by atoms with Crippen LogP contribution < -0.4 is 0 Å². The van der Waals surface area contributed by atoms with Crippen molar-refractivity contribution in [3.05, 3.63) is 35.8 Å². The molecule has 0 aliphatic rings. The van der Waals surface area contributed by atoms with E-state index in [-0.39, 0.29) is 5.82 Å². The number of hydrogen-bond donors (Lipinski definition) is 0. The molecule has 0 spiro atoms. The highest BCUT2D eigenvalue weighted by molar-refractivity contribution is 5.80. The van der Waals surface area contributed by atoms with Crippen LogP contribution in [0.2, 0.25) is 0 Å². The standard InChI is InChI=1S/C9H7FO/c1-6-7-4-5-11-9(7)3-2-8(6)10/h2-5H,1H3. The van der Waals surface area contributed by atoms with Gasteiger partial charge in [0.2, 0.25) is 0 Å². The molecule has 0 radical (unpaired) electrons. The molecule has 1 aromatic carbocycles. The summed E-state index contributed by atoms with van der Waals surface area (Å²) in [7, 11) is 0. The van der Waals surface area contributed by atoms with Crippen LogP contribution in [0.15, 0.2) is 28.9 Å². The molecule has 1 heterocycles. The summed E-state index contributed by atoms with van der Waals surface area (Å²) in [5, 5.41) is 0.852. The van der Waals surface area contributed by atoms with Gasteiger partial charge in [-0.3, -0.25) is 0 Å². The Morgan fingerprint density at radius 1 is 1.27 bits per heavy atom. The molecule has 0 unspecified atom stereocenters. The van der Waals surface area contributed by atoms with Crippen LogP contribution in [0, 0.1) is 12.7 Å². The molecule has 11 heavy (non-hydrogen) atoms. The fourth-order valence-corrected chi connectivity index (χ4v) is 1.16. The minimum atomic E-state index is -0.182. The number of furan rings is 1. The number of benzene rings is 1. The first-order valence-electron chi connectivity index (χ1n) is 3.41. The fourth-order valence-electron chi connectivity index (χ4n) is 1.16. The lowest BCUT2D eigenvalue weighted by Gasteiger charge is -1.94. The average Bonchev–Trinajstić information content (AvgIpc) is 2.45. The van der Waals surface area contributed by atoms with Gasteiger partial charge in [-0.25, -0.2) is 4.39 Å². The Morgan fingerprint density at radius 2 is 2.09 bits per heavy atom. The molecule has 0 aliphatic carbocycles. The Morgan fingerprint density at radius 3 is 2.91 bits per heavy atom. The van der Waals surface area contributed by atoms with Crippen LogP contribution in [0.25, 0.3) is 11.0 Å². The van der Waals surface area contributed by atoms with Crippen molar-refractivity contribution >= 4 is 11.0 Å². The molecule has 0 bridgehead atoms. The molecule has 1 nitrogen and oxygen atoms in total. The molecule has 0 saturated heterocycles. The third kappa shape index (κ3) is 0.827. The third-order valence-corrected chi connectivity index (χ3v) is 1.84. The summed E-state index contributed by atoms with van der Waals surface area (Å²) >= 11 is 0. The van der Waals surface area contributed by atoms with Gasteiger partial charge in [0.05, 0.1) is 6.26 Å². The molecular weight excluding hydrogens is 143 g/mol. The largest absolute Gasteiger partial charge is 0.464 e. The number of fused-ring (bicyclic) bond motifs is 1. The zero-order valence-corrected chi connectivity index (χ0v) is 6.10. The monoisotopic (exact) mass is 150 g/mol. The van der Waals surface area contributed by atoms with Gasteiger partial charge in [0.15, 0.2) is 0 Å². The lowest BCUT2D eigenvalue weighted by molar-refractivity contribution is 0.606. The molecule has 2 aromatic rings. The van der Waals surface area contributed by atoms with E-state index in [1.54, 1.807) is 25.3 Å². The smallest absolute Gasteiger partial charge is 0.134 e. The predicted octanol–water partition coefficient (Wildman–Crippen LogP) is 2.88. The molecule has 0 saturated carbocycles. The molecule has 0 N–H and O–H groups in total. The number of halogens is 1. The number of hydrogen-bond acceptors (Lipinski definition) is 1. The molecule has 1 aromatic heterocycles. The summed E-state index contributed by atoms with van der Waals surface area (Å²) in [6.07, 6.45) is 1.57. The van der Waals surface area contributed by atoms with Crippen molar-refractivity contribution in [1.82, 2.24) is 0 Å². The average molecular weight is 150 g/mol. The van der Waals surface area contributed by atoms with Gasteiger partial charge >= 0.3 is 0 Å². The highest BCUT2D eigenvalue weighted by Crippen LogP contribution is 2.21. The second-order valence-electron chi connectivity index (χ2n) is 2.50. The molecule has 2 heteroatoms. The SMILES string of the molecule is Cc1c(F)ccc2occc12. The lowest BCUT2D eigenvalue weighted by Crippen LogP contribution is -1.80. The number of rotatable bonds is 0. The highest BCUT2D eigenvalue weighted by atomic mass is 19.1. The van der Waals surface area contributed by atoms with Gasteiger partial charge in [-0.2, -0.15) is 0 Å². The van der Waals surface area contributed by atoms with Crippen molar-refractivity contribution in [2.24, 2.45) is 0 Å². The van der Waals surface area contributed by atoms with Crippen molar-refractivity contribution in [3.63, 3.8) is 0 Å². The topological polar surface area (TPSA) is 13.1 Å². The predicted molar refractivity (Wildman–Crippen MR) is 40.9 cm³/mol. The van der Waals surface area contributed by atoms with Gasteiger partial charge in [0, 0.05) is 5.39 Å². The minimum absolute atomic E-state index is 0.182. The molecule has 2 rings (SSSR count). The van der Waals surface area contributed by atoms with Crippen molar-refractivity contribution in [2.45, 2.75) is 6.92 Å². The van der Waals surface area contributed by atoms with Crippen molar-refractivity contribution in [3.8, 4) is 0 Å². The van der Waals surface area contributed by atoms with Crippen molar-refractivity contribution in [2.75, 3.05) is 0 Å². The first-order valence-corrected chi connectivity index (χ1v) is 3.41. The summed E-state index contributed by atoms with van der Waals surface area (Å²) in [4.78, 5) is 0. The Balaban J connectivity index is 2.93. The van der Waals surface area contributed by atoms with Gasteiger partial charge < -0.3 is 4.42 Å². The van der Waals surface area contributed by atoms with E-state index >= 15 is 0 Å². The van der Waals surface area contributed by atoms with E-state index < -0.39 is 0 Å². The fraction of sp³-hybridized carbons (Fsp3) is 0.111. The van der Waals surface area contributed by atoms with E-state index in [0.717, 1.165) is 11.0 Å². The van der Waals surface area contributed by atoms with E-state index in [1.807, 2.05) is 0 Å². The molecule has 0 fully saturated rings. The summed E-state index contributed by atoms with van der Waals surface area (Å²) in [5.41, 5.74) is 1.39. The zero-order valence-electron chi connectivity index (χ0n) is 6.10. The van der Waals surface area contributed by atoms with Gasteiger partial charge in [0.1, 0.15) is 11.4 Å². The molecule has 0 atom stereocenters. The zero-order chi connectivity index (χ0) is 7.84. The third-order valence-electron chi connectivity index (χ3n) is 1.84. The van der Waals surface area contributed by atoms with Gasteiger partial charge in [0.25, 0.3) is 0 Å². The Bertz CT molecular complexity index is 389. The second kappa shape index (κ2) is 2.09. The second-order valence-corrected chi connectivity index (χ2v) is 2.50.